The molecule has 0 fully saturated rings. The summed E-state index contributed by atoms with van der Waals surface area (Å²) < 4.78 is 32.5. The topological polar surface area (TPSA) is 75.7 Å². The van der Waals surface area contributed by atoms with E-state index in [-0.39, 0.29) is 35.7 Å². The van der Waals surface area contributed by atoms with Crippen molar-refractivity contribution in [3.05, 3.63) is 59.7 Å². The Hall–Kier alpha value is -2.38. The maximum atomic E-state index is 13.1. The van der Waals surface area contributed by atoms with E-state index in [1.54, 1.807) is 25.1 Å². The molecule has 0 aromatic heterocycles. The fourth-order valence-corrected chi connectivity index (χ4v) is 4.41. The van der Waals surface area contributed by atoms with E-state index in [9.17, 15) is 13.2 Å². The summed E-state index contributed by atoms with van der Waals surface area (Å²) in [5, 5.41) is 2.85. The molecular weight excluding hydrogens is 364 g/mol. The molecule has 2 aromatic carbocycles. The highest BCUT2D eigenvalue weighted by Gasteiger charge is 2.28. The average molecular weight is 391 g/mol. The van der Waals surface area contributed by atoms with Gasteiger partial charge < -0.3 is 10.1 Å². The quantitative estimate of drug-likeness (QED) is 0.752. The number of amides is 1. The predicted octanol–water partition coefficient (Wildman–Crippen LogP) is 2.89. The van der Waals surface area contributed by atoms with Crippen LogP contribution in [0.3, 0.4) is 0 Å². The van der Waals surface area contributed by atoms with E-state index in [1.807, 2.05) is 44.2 Å². The van der Waals surface area contributed by atoms with Crippen LogP contribution in [0.4, 0.5) is 0 Å². The Kier molecular flexibility index (Phi) is 6.98. The number of ether oxygens (including phenoxy) is 1. The van der Waals surface area contributed by atoms with E-state index >= 15 is 0 Å². The van der Waals surface area contributed by atoms with Crippen molar-refractivity contribution in [1.29, 1.82) is 0 Å². The molecule has 1 N–H and O–H groups in total. The summed E-state index contributed by atoms with van der Waals surface area (Å²) in [7, 11) is -2.44. The van der Waals surface area contributed by atoms with Crippen LogP contribution in [-0.2, 0) is 14.8 Å². The number of benzene rings is 2. The van der Waals surface area contributed by atoms with Crippen LogP contribution in [-0.4, -0.2) is 38.8 Å². The smallest absolute Gasteiger partial charge is 0.247 e. The lowest BCUT2D eigenvalue weighted by atomic mass is 10.1. The molecule has 0 unspecified atom stereocenters. The number of nitrogens with one attached hydrogen (secondary N) is 1. The first-order chi connectivity index (χ1) is 12.8. The minimum atomic E-state index is -3.86. The number of methoxy groups -OCH3 is 1. The van der Waals surface area contributed by atoms with Gasteiger partial charge in [-0.25, -0.2) is 8.42 Å². The normalized spacial score (nSPS) is 12.6. The zero-order valence-corrected chi connectivity index (χ0v) is 16.9. The molecule has 0 aliphatic carbocycles. The van der Waals surface area contributed by atoms with Gasteiger partial charge in [0.25, 0.3) is 0 Å². The van der Waals surface area contributed by atoms with Gasteiger partial charge >= 0.3 is 0 Å². The van der Waals surface area contributed by atoms with Gasteiger partial charge in [0.1, 0.15) is 10.6 Å². The van der Waals surface area contributed by atoms with E-state index < -0.39 is 10.0 Å². The molecule has 2 aromatic rings. The summed E-state index contributed by atoms with van der Waals surface area (Å²) in [5.41, 5.74) is 1.75. The minimum Gasteiger partial charge on any atom is -0.495 e. The average Bonchev–Trinajstić information content (AvgIpc) is 2.66. The number of aryl methyl sites for hydroxylation is 1. The van der Waals surface area contributed by atoms with Crippen LogP contribution in [0.5, 0.6) is 5.75 Å². The molecule has 27 heavy (non-hydrogen) atoms. The number of nitrogens with zero attached hydrogens (tertiary/aromatic N) is 1. The third kappa shape index (κ3) is 5.08. The largest absolute Gasteiger partial charge is 0.495 e. The molecule has 146 valence electrons. The van der Waals surface area contributed by atoms with Crippen molar-refractivity contribution < 1.29 is 17.9 Å². The van der Waals surface area contributed by atoms with E-state index in [0.29, 0.717) is 0 Å². The highest BCUT2D eigenvalue weighted by atomic mass is 32.2. The fourth-order valence-electron chi connectivity index (χ4n) is 2.76. The van der Waals surface area contributed by atoms with Gasteiger partial charge in [-0.2, -0.15) is 4.31 Å². The van der Waals surface area contributed by atoms with E-state index in [1.165, 1.54) is 7.11 Å². The third-order valence-electron chi connectivity index (χ3n) is 4.29. The number of carbonyl (C=O) groups is 1. The molecule has 6 nitrogen and oxygen atoms in total. The van der Waals surface area contributed by atoms with Crippen molar-refractivity contribution in [3.63, 3.8) is 0 Å². The molecule has 0 saturated carbocycles. The highest BCUT2D eigenvalue weighted by Crippen LogP contribution is 2.27. The number of carbonyl (C=O) groups excluding carboxylic acids is 1. The molecule has 0 aliphatic rings. The lowest BCUT2D eigenvalue weighted by Gasteiger charge is -2.23. The first-order valence-electron chi connectivity index (χ1n) is 8.78. The minimum absolute atomic E-state index is 0.0655. The van der Waals surface area contributed by atoms with Crippen molar-refractivity contribution in [3.8, 4) is 5.75 Å². The van der Waals surface area contributed by atoms with Gasteiger partial charge in [0.05, 0.1) is 19.7 Å². The van der Waals surface area contributed by atoms with Crippen LogP contribution >= 0.6 is 0 Å². The molecule has 0 radical (unpaired) electrons. The fraction of sp³-hybridized carbons (Fsp3) is 0.350. The summed E-state index contributed by atoms with van der Waals surface area (Å²) in [5.74, 6) is -0.0968. The van der Waals surface area contributed by atoms with Crippen LogP contribution < -0.4 is 10.1 Å². The van der Waals surface area contributed by atoms with Crippen LogP contribution in [0.1, 0.15) is 31.0 Å². The van der Waals surface area contributed by atoms with Crippen molar-refractivity contribution in [2.24, 2.45) is 0 Å². The number of sulfonamides is 1. The van der Waals surface area contributed by atoms with Gasteiger partial charge in [0, 0.05) is 6.54 Å². The van der Waals surface area contributed by atoms with Gasteiger partial charge in [0.15, 0.2) is 0 Å². The molecule has 1 amide bonds. The van der Waals surface area contributed by atoms with Gasteiger partial charge in [-0.05, 0) is 37.1 Å². The van der Waals surface area contributed by atoms with Gasteiger partial charge in [-0.1, -0.05) is 43.3 Å². The Morgan fingerprint density at radius 1 is 1.19 bits per heavy atom. The maximum absolute atomic E-state index is 13.1. The Balaban J connectivity index is 2.18. The Morgan fingerprint density at radius 2 is 1.85 bits per heavy atom. The Bertz CT molecular complexity index is 882. The standard InChI is InChI=1S/C20H26N2O4S/c1-5-22(14-20(23)21-16(3)17-9-7-6-8-10-17)27(24,25)19-13-15(2)11-12-18(19)26-4/h6-13,16H,5,14H2,1-4H3,(H,21,23)/t16-/m0/s1. The Labute approximate surface area is 161 Å². The summed E-state index contributed by atoms with van der Waals surface area (Å²) in [6.45, 7) is 5.29. The first-order valence-corrected chi connectivity index (χ1v) is 10.2. The molecule has 1 atom stereocenters. The van der Waals surface area contributed by atoms with Crippen molar-refractivity contribution in [2.45, 2.75) is 31.7 Å². The highest BCUT2D eigenvalue weighted by molar-refractivity contribution is 7.89. The van der Waals surface area contributed by atoms with Crippen molar-refractivity contribution in [1.82, 2.24) is 9.62 Å². The van der Waals surface area contributed by atoms with Crippen LogP contribution in [0.15, 0.2) is 53.4 Å². The van der Waals surface area contributed by atoms with Gasteiger partial charge in [0.2, 0.25) is 15.9 Å². The SMILES string of the molecule is CCN(CC(=O)N[C@@H](C)c1ccccc1)S(=O)(=O)c1cc(C)ccc1OC. The zero-order valence-electron chi connectivity index (χ0n) is 16.1. The molecule has 7 heteroatoms. The summed E-state index contributed by atoms with van der Waals surface area (Å²) in [6, 6.07) is 14.3. The molecule has 2 rings (SSSR count). The number of hydrogen-bond donors (Lipinski definition) is 1. The molecule has 0 bridgehead atoms. The van der Waals surface area contributed by atoms with Crippen LogP contribution in [0, 0.1) is 6.92 Å². The van der Waals surface area contributed by atoms with E-state index in [2.05, 4.69) is 5.32 Å². The molecular formula is C20H26N2O4S. The number of hydrogen-bond acceptors (Lipinski definition) is 4. The second-order valence-electron chi connectivity index (χ2n) is 6.29. The second-order valence-corrected chi connectivity index (χ2v) is 8.19. The van der Waals surface area contributed by atoms with Crippen molar-refractivity contribution >= 4 is 15.9 Å². The Morgan fingerprint density at radius 3 is 2.44 bits per heavy atom. The van der Waals surface area contributed by atoms with Gasteiger partial charge in [-0.15, -0.1) is 0 Å². The van der Waals surface area contributed by atoms with E-state index in [4.69, 9.17) is 4.74 Å². The maximum Gasteiger partial charge on any atom is 0.247 e. The molecule has 0 aliphatic heterocycles. The summed E-state index contributed by atoms with van der Waals surface area (Å²) in [4.78, 5) is 12.5. The monoisotopic (exact) mass is 390 g/mol. The van der Waals surface area contributed by atoms with E-state index in [0.717, 1.165) is 15.4 Å². The first kappa shape index (κ1) is 20.9. The van der Waals surface area contributed by atoms with Crippen molar-refractivity contribution in [2.75, 3.05) is 20.2 Å². The van der Waals surface area contributed by atoms with Gasteiger partial charge in [-0.3, -0.25) is 4.79 Å². The van der Waals surface area contributed by atoms with Crippen LogP contribution in [0.25, 0.3) is 0 Å². The summed E-state index contributed by atoms with van der Waals surface area (Å²) >= 11 is 0. The number of likely N-dealkylation sites (N-methyl/N-ethyl adjacent to an activating group) is 1. The zero-order chi connectivity index (χ0) is 20.0. The summed E-state index contributed by atoms with van der Waals surface area (Å²) in [6.07, 6.45) is 0. The number of rotatable bonds is 8. The van der Waals surface area contributed by atoms with Crippen LogP contribution in [0.2, 0.25) is 0 Å². The predicted molar refractivity (Wildman–Crippen MR) is 105 cm³/mol. The third-order valence-corrected chi connectivity index (χ3v) is 6.23. The molecule has 0 spiro atoms. The lowest BCUT2D eigenvalue weighted by Crippen LogP contribution is -2.41. The second kappa shape index (κ2) is 9.01. The molecule has 0 heterocycles. The molecule has 0 saturated heterocycles. The lowest BCUT2D eigenvalue weighted by molar-refractivity contribution is -0.121.